The first kappa shape index (κ1) is 8.80. The molecule has 12 heavy (non-hydrogen) atoms. The Hall–Kier alpha value is -1.29. The number of carbonyl (C=O) groups excluding carboxylic acids is 1. The van der Waals surface area contributed by atoms with Crippen LogP contribution < -0.4 is 10.5 Å². The molecule has 0 atom stereocenters. The maximum atomic E-state index is 10.7. The molecule has 1 aromatic rings. The first-order chi connectivity index (χ1) is 5.63. The Morgan fingerprint density at radius 3 is 2.83 bits per heavy atom. The van der Waals surface area contributed by atoms with Crippen molar-refractivity contribution in [3.8, 4) is 5.88 Å². The quantitative estimate of drug-likeness (QED) is 0.745. The number of pyridine rings is 1. The smallest absolute Gasteiger partial charge is 0.267 e. The number of rotatable bonds is 2. The average Bonchev–Trinajstić information content (AvgIpc) is 2.03. The summed E-state index contributed by atoms with van der Waals surface area (Å²) in [5.74, 6) is -0.355. The summed E-state index contributed by atoms with van der Waals surface area (Å²) in [5.41, 5.74) is 5.09. The number of amides is 1. The van der Waals surface area contributed by atoms with E-state index < -0.39 is 5.91 Å². The molecule has 1 aromatic heterocycles. The van der Waals surface area contributed by atoms with E-state index in [4.69, 9.17) is 22.1 Å². The van der Waals surface area contributed by atoms with Gasteiger partial charge in [0.1, 0.15) is 5.69 Å². The summed E-state index contributed by atoms with van der Waals surface area (Å²) in [6.07, 6.45) is 0. The summed E-state index contributed by atoms with van der Waals surface area (Å²) in [6.45, 7) is 0. The molecule has 0 aliphatic rings. The first-order valence-electron chi connectivity index (χ1n) is 3.15. The maximum absolute atomic E-state index is 10.7. The molecule has 5 heteroatoms. The predicted octanol–water partition coefficient (Wildman–Crippen LogP) is 0.843. The van der Waals surface area contributed by atoms with Crippen LogP contribution in [0, 0.1) is 0 Å². The summed E-state index contributed by atoms with van der Waals surface area (Å²) in [4.78, 5) is 14.4. The molecule has 0 aromatic carbocycles. The van der Waals surface area contributed by atoms with E-state index in [1.54, 1.807) is 0 Å². The van der Waals surface area contributed by atoms with E-state index in [0.29, 0.717) is 5.02 Å². The second-order valence-electron chi connectivity index (χ2n) is 2.08. The SMILES string of the molecule is COc1cc(Cl)cc(C(N)=O)n1. The largest absolute Gasteiger partial charge is 0.481 e. The summed E-state index contributed by atoms with van der Waals surface area (Å²) in [5, 5.41) is 0.371. The molecule has 4 nitrogen and oxygen atoms in total. The molecule has 2 N–H and O–H groups in total. The number of hydrogen-bond acceptors (Lipinski definition) is 3. The molecule has 0 aliphatic heterocycles. The lowest BCUT2D eigenvalue weighted by atomic mass is 10.3. The highest BCUT2D eigenvalue weighted by Crippen LogP contribution is 2.16. The lowest BCUT2D eigenvalue weighted by molar-refractivity contribution is 0.0994. The Balaban J connectivity index is 3.15. The van der Waals surface area contributed by atoms with Gasteiger partial charge in [-0.2, -0.15) is 0 Å². The molecule has 1 amide bonds. The highest BCUT2D eigenvalue weighted by atomic mass is 35.5. The Kier molecular flexibility index (Phi) is 2.50. The number of nitrogens with two attached hydrogens (primary N) is 1. The minimum Gasteiger partial charge on any atom is -0.481 e. The van der Waals surface area contributed by atoms with Gasteiger partial charge in [-0.05, 0) is 6.07 Å². The van der Waals surface area contributed by atoms with Crippen LogP contribution in [0.2, 0.25) is 5.02 Å². The molecule has 0 spiro atoms. The fourth-order valence-corrected chi connectivity index (χ4v) is 0.901. The van der Waals surface area contributed by atoms with Crippen molar-refractivity contribution in [1.82, 2.24) is 4.98 Å². The summed E-state index contributed by atoms with van der Waals surface area (Å²) < 4.78 is 4.78. The van der Waals surface area contributed by atoms with E-state index in [1.807, 2.05) is 0 Å². The van der Waals surface area contributed by atoms with E-state index in [9.17, 15) is 4.79 Å². The molecule has 0 saturated heterocycles. The number of hydrogen-bond donors (Lipinski definition) is 1. The van der Waals surface area contributed by atoms with E-state index in [1.165, 1.54) is 19.2 Å². The fourth-order valence-electron chi connectivity index (χ4n) is 0.704. The Labute approximate surface area is 74.3 Å². The van der Waals surface area contributed by atoms with Crippen LogP contribution in [0.1, 0.15) is 10.5 Å². The van der Waals surface area contributed by atoms with Gasteiger partial charge in [0.25, 0.3) is 5.91 Å². The molecular weight excluding hydrogens is 180 g/mol. The monoisotopic (exact) mass is 186 g/mol. The van der Waals surface area contributed by atoms with Crippen molar-refractivity contribution in [3.05, 3.63) is 22.8 Å². The number of primary amides is 1. The van der Waals surface area contributed by atoms with Gasteiger partial charge in [-0.1, -0.05) is 11.6 Å². The molecule has 0 aliphatic carbocycles. The van der Waals surface area contributed by atoms with Crippen molar-refractivity contribution in [2.45, 2.75) is 0 Å². The third-order valence-electron chi connectivity index (χ3n) is 1.23. The van der Waals surface area contributed by atoms with E-state index in [0.717, 1.165) is 0 Å². The molecule has 0 bridgehead atoms. The normalized spacial score (nSPS) is 9.50. The molecule has 1 heterocycles. The highest BCUT2D eigenvalue weighted by molar-refractivity contribution is 6.31. The van der Waals surface area contributed by atoms with Gasteiger partial charge in [0.2, 0.25) is 5.88 Å². The number of nitrogens with zero attached hydrogens (tertiary/aromatic N) is 1. The van der Waals surface area contributed by atoms with Crippen molar-refractivity contribution in [2.24, 2.45) is 5.73 Å². The molecular formula is C7H7ClN2O2. The zero-order valence-electron chi connectivity index (χ0n) is 6.37. The topological polar surface area (TPSA) is 65.2 Å². The highest BCUT2D eigenvalue weighted by Gasteiger charge is 2.05. The number of halogens is 1. The van der Waals surface area contributed by atoms with Gasteiger partial charge >= 0.3 is 0 Å². The summed E-state index contributed by atoms with van der Waals surface area (Å²) >= 11 is 5.65. The van der Waals surface area contributed by atoms with Gasteiger partial charge in [0, 0.05) is 11.1 Å². The number of carbonyl (C=O) groups is 1. The number of ether oxygens (including phenoxy) is 1. The molecule has 0 saturated carbocycles. The van der Waals surface area contributed by atoms with Crippen molar-refractivity contribution in [2.75, 3.05) is 7.11 Å². The average molecular weight is 187 g/mol. The van der Waals surface area contributed by atoms with Gasteiger partial charge in [-0.15, -0.1) is 0 Å². The van der Waals surface area contributed by atoms with Crippen molar-refractivity contribution >= 4 is 17.5 Å². The number of aromatic nitrogens is 1. The van der Waals surface area contributed by atoms with Crippen LogP contribution in [0.25, 0.3) is 0 Å². The van der Waals surface area contributed by atoms with Crippen LogP contribution in [0.5, 0.6) is 5.88 Å². The molecule has 0 radical (unpaired) electrons. The minimum atomic E-state index is -0.629. The van der Waals surface area contributed by atoms with Crippen molar-refractivity contribution in [3.63, 3.8) is 0 Å². The predicted molar refractivity (Wildman–Crippen MR) is 44.3 cm³/mol. The Morgan fingerprint density at radius 2 is 2.33 bits per heavy atom. The van der Waals surface area contributed by atoms with Gasteiger partial charge in [0.05, 0.1) is 7.11 Å². The van der Waals surface area contributed by atoms with Crippen LogP contribution in [-0.4, -0.2) is 18.0 Å². The lowest BCUT2D eigenvalue weighted by Gasteiger charge is -2.00. The Morgan fingerprint density at radius 1 is 1.67 bits per heavy atom. The van der Waals surface area contributed by atoms with Crippen LogP contribution in [0.4, 0.5) is 0 Å². The fraction of sp³-hybridized carbons (Fsp3) is 0.143. The van der Waals surface area contributed by atoms with E-state index in [-0.39, 0.29) is 11.6 Å². The van der Waals surface area contributed by atoms with Crippen molar-refractivity contribution in [1.29, 1.82) is 0 Å². The van der Waals surface area contributed by atoms with E-state index in [2.05, 4.69) is 4.98 Å². The van der Waals surface area contributed by atoms with Crippen LogP contribution >= 0.6 is 11.6 Å². The van der Waals surface area contributed by atoms with Crippen molar-refractivity contribution < 1.29 is 9.53 Å². The first-order valence-corrected chi connectivity index (χ1v) is 3.52. The van der Waals surface area contributed by atoms with E-state index >= 15 is 0 Å². The molecule has 0 fully saturated rings. The van der Waals surface area contributed by atoms with Crippen LogP contribution in [0.3, 0.4) is 0 Å². The third kappa shape index (κ3) is 1.85. The van der Waals surface area contributed by atoms with Crippen LogP contribution in [-0.2, 0) is 0 Å². The number of methoxy groups -OCH3 is 1. The van der Waals surface area contributed by atoms with Gasteiger partial charge in [-0.25, -0.2) is 4.98 Å². The molecule has 0 unspecified atom stereocenters. The molecule has 1 rings (SSSR count). The van der Waals surface area contributed by atoms with Gasteiger partial charge in [-0.3, -0.25) is 4.79 Å². The zero-order chi connectivity index (χ0) is 9.14. The van der Waals surface area contributed by atoms with Gasteiger partial charge in [0.15, 0.2) is 0 Å². The molecule has 64 valence electrons. The van der Waals surface area contributed by atoms with Gasteiger partial charge < -0.3 is 10.5 Å². The third-order valence-corrected chi connectivity index (χ3v) is 1.45. The second-order valence-corrected chi connectivity index (χ2v) is 2.51. The van der Waals surface area contributed by atoms with Crippen LogP contribution in [0.15, 0.2) is 12.1 Å². The minimum absolute atomic E-state index is 0.0966. The zero-order valence-corrected chi connectivity index (χ0v) is 7.13. The second kappa shape index (κ2) is 3.40. The summed E-state index contributed by atoms with van der Waals surface area (Å²) in [7, 11) is 1.43. The lowest BCUT2D eigenvalue weighted by Crippen LogP contribution is -2.13. The maximum Gasteiger partial charge on any atom is 0.267 e. The Bertz CT molecular complexity index is 314. The summed E-state index contributed by atoms with van der Waals surface area (Å²) in [6, 6.07) is 2.88. The standard InChI is InChI=1S/C7H7ClN2O2/c1-12-6-3-4(8)2-5(10-6)7(9)11/h2-3H,1H3,(H2,9,11).